The molecular formula is C21H26ClN3O2S. The minimum absolute atomic E-state index is 0.179. The first kappa shape index (κ1) is 20.7. The maximum atomic E-state index is 12.5. The molecule has 3 amide bonds. The summed E-state index contributed by atoms with van der Waals surface area (Å²) in [5, 5.41) is 5.78. The van der Waals surface area contributed by atoms with Crippen LogP contribution in [-0.4, -0.2) is 36.5 Å². The van der Waals surface area contributed by atoms with E-state index in [4.69, 9.17) is 11.6 Å². The van der Waals surface area contributed by atoms with Crippen LogP contribution >= 0.6 is 22.9 Å². The maximum absolute atomic E-state index is 12.5. The number of carbonyl (C=O) groups excluding carboxylic acids is 2. The van der Waals surface area contributed by atoms with Crippen LogP contribution in [0.5, 0.6) is 0 Å². The first-order valence-corrected chi connectivity index (χ1v) is 10.8. The summed E-state index contributed by atoms with van der Waals surface area (Å²) in [6, 6.07) is 11.3. The summed E-state index contributed by atoms with van der Waals surface area (Å²) in [4.78, 5) is 27.7. The molecule has 1 aliphatic rings. The second-order valence-electron chi connectivity index (χ2n) is 7.25. The van der Waals surface area contributed by atoms with E-state index >= 15 is 0 Å². The van der Waals surface area contributed by atoms with Crippen molar-refractivity contribution >= 4 is 40.6 Å². The molecule has 2 N–H and O–H groups in total. The van der Waals surface area contributed by atoms with Gasteiger partial charge in [0, 0.05) is 36.6 Å². The van der Waals surface area contributed by atoms with Crippen molar-refractivity contribution in [1.82, 2.24) is 10.2 Å². The minimum atomic E-state index is -0.207. The number of nitrogens with one attached hydrogen (secondary N) is 2. The van der Waals surface area contributed by atoms with Crippen molar-refractivity contribution in [3.8, 4) is 0 Å². The predicted octanol–water partition coefficient (Wildman–Crippen LogP) is 4.70. The first-order valence-electron chi connectivity index (χ1n) is 9.63. The van der Waals surface area contributed by atoms with E-state index in [1.807, 2.05) is 48.2 Å². The Morgan fingerprint density at radius 1 is 1.21 bits per heavy atom. The lowest BCUT2D eigenvalue weighted by Gasteiger charge is -2.33. The normalized spacial score (nSPS) is 16.6. The van der Waals surface area contributed by atoms with Gasteiger partial charge in [-0.25, -0.2) is 4.79 Å². The van der Waals surface area contributed by atoms with Crippen LogP contribution in [0.4, 0.5) is 10.5 Å². The number of rotatable bonds is 6. The van der Waals surface area contributed by atoms with Crippen LogP contribution in [0, 0.1) is 12.8 Å². The van der Waals surface area contributed by atoms with Crippen LogP contribution in [0.25, 0.3) is 0 Å². The Labute approximate surface area is 175 Å². The van der Waals surface area contributed by atoms with Gasteiger partial charge < -0.3 is 15.5 Å². The second kappa shape index (κ2) is 9.94. The number of piperidine rings is 1. The number of halogens is 1. The zero-order valence-electron chi connectivity index (χ0n) is 16.0. The Bertz CT molecular complexity index is 806. The van der Waals surface area contributed by atoms with Gasteiger partial charge in [-0.05, 0) is 56.4 Å². The summed E-state index contributed by atoms with van der Waals surface area (Å²) < 4.78 is 0.760. The standard InChI is InChI=1S/C21H26ClN3O2S/c1-15-4-6-17(7-5-15)24-21(27)23-13-16-3-2-12-25(14-16)20(26)11-9-18-8-10-19(22)28-18/h4-8,10,16H,2-3,9,11-14H2,1H3,(H2,23,24,27). The van der Waals surface area contributed by atoms with Crippen molar-refractivity contribution in [2.45, 2.75) is 32.6 Å². The molecule has 28 heavy (non-hydrogen) atoms. The van der Waals surface area contributed by atoms with E-state index in [1.165, 1.54) is 11.3 Å². The number of carbonyl (C=O) groups is 2. The van der Waals surface area contributed by atoms with E-state index in [-0.39, 0.29) is 17.9 Å². The highest BCUT2D eigenvalue weighted by molar-refractivity contribution is 7.16. The van der Waals surface area contributed by atoms with Gasteiger partial charge in [0.1, 0.15) is 0 Å². The quantitative estimate of drug-likeness (QED) is 0.712. The van der Waals surface area contributed by atoms with E-state index in [0.717, 1.165) is 46.3 Å². The molecule has 7 heteroatoms. The molecule has 1 unspecified atom stereocenters. The Kier molecular flexibility index (Phi) is 7.34. The number of benzene rings is 1. The third kappa shape index (κ3) is 6.24. The van der Waals surface area contributed by atoms with Gasteiger partial charge in [-0.15, -0.1) is 11.3 Å². The highest BCUT2D eigenvalue weighted by atomic mass is 35.5. The summed E-state index contributed by atoms with van der Waals surface area (Å²) in [6.45, 7) is 4.09. The SMILES string of the molecule is Cc1ccc(NC(=O)NCC2CCCN(C(=O)CCc3ccc(Cl)s3)C2)cc1. The molecule has 1 atom stereocenters. The number of urea groups is 1. The molecule has 2 heterocycles. The van der Waals surface area contributed by atoms with Gasteiger partial charge in [-0.3, -0.25) is 4.79 Å². The number of hydrogen-bond donors (Lipinski definition) is 2. The van der Waals surface area contributed by atoms with Gasteiger partial charge in [0.05, 0.1) is 4.34 Å². The number of aryl methyl sites for hydroxylation is 2. The van der Waals surface area contributed by atoms with Crippen LogP contribution < -0.4 is 10.6 Å². The van der Waals surface area contributed by atoms with Crippen molar-refractivity contribution in [3.63, 3.8) is 0 Å². The van der Waals surface area contributed by atoms with Gasteiger partial charge >= 0.3 is 6.03 Å². The molecular weight excluding hydrogens is 394 g/mol. The molecule has 1 aromatic heterocycles. The topological polar surface area (TPSA) is 61.4 Å². The molecule has 2 aromatic rings. The van der Waals surface area contributed by atoms with Crippen LogP contribution in [0.1, 0.15) is 29.7 Å². The Balaban J connectivity index is 1.40. The third-order valence-corrected chi connectivity index (χ3v) is 6.24. The number of nitrogens with zero attached hydrogens (tertiary/aromatic N) is 1. The van der Waals surface area contributed by atoms with Gasteiger partial charge in [-0.2, -0.15) is 0 Å². The molecule has 1 aromatic carbocycles. The summed E-state index contributed by atoms with van der Waals surface area (Å²) >= 11 is 7.48. The monoisotopic (exact) mass is 419 g/mol. The average Bonchev–Trinajstić information content (AvgIpc) is 3.12. The highest BCUT2D eigenvalue weighted by Crippen LogP contribution is 2.23. The number of thiophene rings is 1. The maximum Gasteiger partial charge on any atom is 0.319 e. The molecule has 1 fully saturated rings. The van der Waals surface area contributed by atoms with Gasteiger partial charge in [0.25, 0.3) is 0 Å². The molecule has 150 valence electrons. The van der Waals surface area contributed by atoms with Crippen LogP contribution in [0.3, 0.4) is 0 Å². The van der Waals surface area contributed by atoms with Crippen molar-refractivity contribution < 1.29 is 9.59 Å². The summed E-state index contributed by atoms with van der Waals surface area (Å²) in [5.41, 5.74) is 1.93. The zero-order valence-corrected chi connectivity index (χ0v) is 17.6. The van der Waals surface area contributed by atoms with Gasteiger partial charge in [0.15, 0.2) is 0 Å². The fourth-order valence-corrected chi connectivity index (χ4v) is 4.47. The van der Waals surface area contributed by atoms with E-state index in [1.54, 1.807) is 0 Å². The Morgan fingerprint density at radius 2 is 2.00 bits per heavy atom. The first-order chi connectivity index (χ1) is 13.5. The minimum Gasteiger partial charge on any atom is -0.342 e. The number of anilines is 1. The summed E-state index contributed by atoms with van der Waals surface area (Å²) in [7, 11) is 0. The van der Waals surface area contributed by atoms with Crippen molar-refractivity contribution in [1.29, 1.82) is 0 Å². The average molecular weight is 420 g/mol. The molecule has 1 aliphatic heterocycles. The fraction of sp³-hybridized carbons (Fsp3) is 0.429. The Morgan fingerprint density at radius 3 is 2.71 bits per heavy atom. The molecule has 0 bridgehead atoms. The van der Waals surface area contributed by atoms with Crippen LogP contribution in [-0.2, 0) is 11.2 Å². The summed E-state index contributed by atoms with van der Waals surface area (Å²) in [6.07, 6.45) is 3.23. The molecule has 0 aliphatic carbocycles. The van der Waals surface area contributed by atoms with Crippen molar-refractivity contribution in [2.24, 2.45) is 5.92 Å². The molecule has 5 nitrogen and oxygen atoms in total. The third-order valence-electron chi connectivity index (χ3n) is 4.95. The number of likely N-dealkylation sites (tertiary alicyclic amines) is 1. The number of amides is 3. The molecule has 0 spiro atoms. The van der Waals surface area contributed by atoms with Gasteiger partial charge in [-0.1, -0.05) is 29.3 Å². The van der Waals surface area contributed by atoms with Crippen molar-refractivity contribution in [2.75, 3.05) is 25.0 Å². The molecule has 0 saturated carbocycles. The molecule has 3 rings (SSSR count). The van der Waals surface area contributed by atoms with E-state index in [9.17, 15) is 9.59 Å². The lowest BCUT2D eigenvalue weighted by molar-refractivity contribution is -0.132. The largest absolute Gasteiger partial charge is 0.342 e. The van der Waals surface area contributed by atoms with Gasteiger partial charge in [0.2, 0.25) is 5.91 Å². The highest BCUT2D eigenvalue weighted by Gasteiger charge is 2.23. The van der Waals surface area contributed by atoms with Crippen LogP contribution in [0.2, 0.25) is 4.34 Å². The lowest BCUT2D eigenvalue weighted by atomic mass is 9.97. The number of hydrogen-bond acceptors (Lipinski definition) is 3. The summed E-state index contributed by atoms with van der Waals surface area (Å²) in [5.74, 6) is 0.468. The van der Waals surface area contributed by atoms with E-state index < -0.39 is 0 Å². The predicted molar refractivity (Wildman–Crippen MR) is 115 cm³/mol. The molecule has 1 saturated heterocycles. The van der Waals surface area contributed by atoms with E-state index in [0.29, 0.717) is 19.5 Å². The Hall–Kier alpha value is -2.05. The van der Waals surface area contributed by atoms with Crippen molar-refractivity contribution in [3.05, 3.63) is 51.2 Å². The zero-order chi connectivity index (χ0) is 19.9. The van der Waals surface area contributed by atoms with E-state index in [2.05, 4.69) is 10.6 Å². The second-order valence-corrected chi connectivity index (χ2v) is 9.05. The smallest absolute Gasteiger partial charge is 0.319 e. The molecule has 0 radical (unpaired) electrons. The lowest BCUT2D eigenvalue weighted by Crippen LogP contribution is -2.44. The fourth-order valence-electron chi connectivity index (χ4n) is 3.38. The van der Waals surface area contributed by atoms with Crippen LogP contribution in [0.15, 0.2) is 36.4 Å².